The molecule has 0 saturated heterocycles. The van der Waals surface area contributed by atoms with Gasteiger partial charge in [-0.05, 0) is 43.1 Å². The number of hydrogen-bond donors (Lipinski definition) is 0. The van der Waals surface area contributed by atoms with Crippen LogP contribution in [0.2, 0.25) is 0 Å². The van der Waals surface area contributed by atoms with Crippen molar-refractivity contribution in [2.75, 3.05) is 0 Å². The Kier molecular flexibility index (Phi) is 11.8. The summed E-state index contributed by atoms with van der Waals surface area (Å²) in [5, 5.41) is 0. The van der Waals surface area contributed by atoms with Gasteiger partial charge in [0.15, 0.2) is 0 Å². The summed E-state index contributed by atoms with van der Waals surface area (Å²) in [6.07, 6.45) is 19.1. The third-order valence-corrected chi connectivity index (χ3v) is 3.91. The van der Waals surface area contributed by atoms with Crippen molar-refractivity contribution in [2.45, 2.75) is 73.1 Å². The van der Waals surface area contributed by atoms with Gasteiger partial charge in [-0.25, -0.2) is 0 Å². The maximum absolute atomic E-state index is 2.41. The van der Waals surface area contributed by atoms with Crippen LogP contribution >= 0.6 is 0 Å². The molecule has 0 aliphatic heterocycles. The summed E-state index contributed by atoms with van der Waals surface area (Å²) >= 11 is 0. The molecule has 0 fully saturated rings. The first-order valence-corrected chi connectivity index (χ1v) is 8.29. The van der Waals surface area contributed by atoms with Crippen LogP contribution in [-0.2, 0) is 0 Å². The molecule has 0 nitrogen and oxygen atoms in total. The minimum atomic E-state index is 0.770. The quantitative estimate of drug-likeness (QED) is 0.467. The smallest absolute Gasteiger partial charge is 0.0163 e. The molecule has 1 aliphatic carbocycles. The Morgan fingerprint density at radius 3 is 2.26 bits per heavy atom. The fraction of sp³-hybridized carbons (Fsp3) is 0.684. The Labute approximate surface area is 121 Å². The molecule has 1 rings (SSSR count). The maximum Gasteiger partial charge on any atom is -0.0163 e. The molecule has 110 valence electrons. The predicted molar refractivity (Wildman–Crippen MR) is 89.4 cm³/mol. The molecule has 19 heavy (non-hydrogen) atoms. The molecule has 0 saturated carbocycles. The van der Waals surface area contributed by atoms with Gasteiger partial charge in [-0.15, -0.1) is 0 Å². The van der Waals surface area contributed by atoms with Gasteiger partial charge in [-0.1, -0.05) is 77.8 Å². The van der Waals surface area contributed by atoms with Gasteiger partial charge in [-0.3, -0.25) is 0 Å². The van der Waals surface area contributed by atoms with Crippen molar-refractivity contribution in [3.05, 3.63) is 36.0 Å². The summed E-state index contributed by atoms with van der Waals surface area (Å²) in [7, 11) is 0. The van der Waals surface area contributed by atoms with E-state index >= 15 is 0 Å². The van der Waals surface area contributed by atoms with Crippen LogP contribution < -0.4 is 0 Å². The van der Waals surface area contributed by atoms with Gasteiger partial charge in [0.2, 0.25) is 0 Å². The Hall–Kier alpha value is -0.780. The fourth-order valence-electron chi connectivity index (χ4n) is 2.35. The number of hydrogen-bond acceptors (Lipinski definition) is 0. The van der Waals surface area contributed by atoms with Crippen LogP contribution in [0.3, 0.4) is 0 Å². The van der Waals surface area contributed by atoms with Gasteiger partial charge in [0.25, 0.3) is 0 Å². The molecule has 2 atom stereocenters. The van der Waals surface area contributed by atoms with Crippen LogP contribution in [-0.4, -0.2) is 0 Å². The van der Waals surface area contributed by atoms with Crippen molar-refractivity contribution >= 4 is 0 Å². The highest BCUT2D eigenvalue weighted by atomic mass is 14.2. The van der Waals surface area contributed by atoms with Crippen LogP contribution in [0.15, 0.2) is 36.0 Å². The summed E-state index contributed by atoms with van der Waals surface area (Å²) in [5.74, 6) is 1.65. The topological polar surface area (TPSA) is 0 Å². The van der Waals surface area contributed by atoms with Crippen LogP contribution in [0.1, 0.15) is 73.1 Å². The maximum atomic E-state index is 2.41. The van der Waals surface area contributed by atoms with Crippen molar-refractivity contribution in [2.24, 2.45) is 11.8 Å². The molecule has 0 unspecified atom stereocenters. The van der Waals surface area contributed by atoms with E-state index in [0.717, 1.165) is 24.7 Å². The van der Waals surface area contributed by atoms with Crippen LogP contribution in [0.4, 0.5) is 0 Å². The molecule has 0 radical (unpaired) electrons. The Balaban J connectivity index is 0.00000154. The highest BCUT2D eigenvalue weighted by molar-refractivity contribution is 5.24. The van der Waals surface area contributed by atoms with Crippen LogP contribution in [0.25, 0.3) is 0 Å². The van der Waals surface area contributed by atoms with E-state index in [1.165, 1.54) is 25.7 Å². The van der Waals surface area contributed by atoms with Crippen molar-refractivity contribution in [3.8, 4) is 0 Å². The van der Waals surface area contributed by atoms with Gasteiger partial charge in [0, 0.05) is 0 Å². The third-order valence-electron chi connectivity index (χ3n) is 3.91. The molecule has 0 heterocycles. The molecule has 0 N–H and O–H groups in total. The average Bonchev–Trinajstić information content (AvgIpc) is 2.42. The Morgan fingerprint density at radius 2 is 1.63 bits per heavy atom. The highest BCUT2D eigenvalue weighted by Crippen LogP contribution is 2.26. The van der Waals surface area contributed by atoms with Crippen LogP contribution in [0, 0.1) is 11.8 Å². The summed E-state index contributed by atoms with van der Waals surface area (Å²) in [5.41, 5.74) is 1.57. The Bertz CT molecular complexity index is 280. The van der Waals surface area contributed by atoms with E-state index in [2.05, 4.69) is 51.2 Å². The lowest BCUT2D eigenvalue weighted by atomic mass is 9.87. The molecular formula is C19H34. The molecule has 0 aromatic heterocycles. The average molecular weight is 262 g/mol. The highest BCUT2D eigenvalue weighted by Gasteiger charge is 2.11. The monoisotopic (exact) mass is 262 g/mol. The molecule has 0 heteroatoms. The summed E-state index contributed by atoms with van der Waals surface area (Å²) in [6, 6.07) is 0. The third kappa shape index (κ3) is 8.08. The van der Waals surface area contributed by atoms with Gasteiger partial charge in [-0.2, -0.15) is 0 Å². The van der Waals surface area contributed by atoms with Gasteiger partial charge >= 0.3 is 0 Å². The molecular weight excluding hydrogens is 228 g/mol. The first kappa shape index (κ1) is 18.2. The van der Waals surface area contributed by atoms with E-state index < -0.39 is 0 Å². The lowest BCUT2D eigenvalue weighted by molar-refractivity contribution is 0.431. The fourth-order valence-corrected chi connectivity index (χ4v) is 2.35. The van der Waals surface area contributed by atoms with Crippen molar-refractivity contribution in [3.63, 3.8) is 0 Å². The van der Waals surface area contributed by atoms with Gasteiger partial charge < -0.3 is 0 Å². The minimum absolute atomic E-state index is 0.770. The van der Waals surface area contributed by atoms with Crippen molar-refractivity contribution in [1.82, 2.24) is 0 Å². The zero-order chi connectivity index (χ0) is 14.5. The SMILES string of the molecule is CC.CC[C@@H](C)CC[C@@H](CC)C1=C/C/C=C\C/C=C\1. The van der Waals surface area contributed by atoms with E-state index in [1.54, 1.807) is 5.57 Å². The lowest BCUT2D eigenvalue weighted by Gasteiger charge is -2.19. The molecule has 0 amide bonds. The second kappa shape index (κ2) is 12.3. The molecule has 0 spiro atoms. The number of allylic oxidation sites excluding steroid dienone is 6. The molecule has 1 aliphatic rings. The van der Waals surface area contributed by atoms with E-state index in [4.69, 9.17) is 0 Å². The minimum Gasteiger partial charge on any atom is -0.0844 e. The van der Waals surface area contributed by atoms with Gasteiger partial charge in [0.1, 0.15) is 0 Å². The van der Waals surface area contributed by atoms with E-state index in [1.807, 2.05) is 13.8 Å². The molecule has 0 aromatic carbocycles. The zero-order valence-corrected chi connectivity index (χ0v) is 13.8. The normalized spacial score (nSPS) is 23.7. The lowest BCUT2D eigenvalue weighted by Crippen LogP contribution is -2.05. The number of rotatable bonds is 6. The molecule has 0 aromatic rings. The second-order valence-corrected chi connectivity index (χ2v) is 5.25. The zero-order valence-electron chi connectivity index (χ0n) is 13.8. The standard InChI is InChI=1S/C17H28.C2H6/c1-4-15(3)13-14-16(5-2)17-11-9-7-6-8-10-12-17;1-2/h6-7,10-12,15-16H,4-5,8-9,13-14H2,1-3H3;1-2H3/b7-6-,12-10-,17-11+;/t15-,16-;/m1./s1. The second-order valence-electron chi connectivity index (χ2n) is 5.25. The van der Waals surface area contributed by atoms with Crippen molar-refractivity contribution < 1.29 is 0 Å². The predicted octanol–water partition coefficient (Wildman–Crippen LogP) is 6.70. The van der Waals surface area contributed by atoms with Crippen LogP contribution in [0.5, 0.6) is 0 Å². The van der Waals surface area contributed by atoms with E-state index in [-0.39, 0.29) is 0 Å². The van der Waals surface area contributed by atoms with Crippen molar-refractivity contribution in [1.29, 1.82) is 0 Å². The largest absolute Gasteiger partial charge is 0.0844 e. The summed E-state index contributed by atoms with van der Waals surface area (Å²) in [4.78, 5) is 0. The summed E-state index contributed by atoms with van der Waals surface area (Å²) < 4.78 is 0. The van der Waals surface area contributed by atoms with E-state index in [9.17, 15) is 0 Å². The van der Waals surface area contributed by atoms with E-state index in [0.29, 0.717) is 0 Å². The first-order chi connectivity index (χ1) is 9.27. The first-order valence-electron chi connectivity index (χ1n) is 8.29. The summed E-state index contributed by atoms with van der Waals surface area (Å²) in [6.45, 7) is 11.0. The Morgan fingerprint density at radius 1 is 0.947 bits per heavy atom. The van der Waals surface area contributed by atoms with Gasteiger partial charge in [0.05, 0.1) is 0 Å². The molecule has 0 bridgehead atoms.